The number of piperazine rings is 1. The van der Waals surface area contributed by atoms with Gasteiger partial charge in [0.1, 0.15) is 0 Å². The average Bonchev–Trinajstić information content (AvgIpc) is 3.26. The molecule has 1 aromatic rings. The first kappa shape index (κ1) is 13.8. The number of likely N-dealkylation sites (N-methyl/N-ethyl adjacent to an activating group) is 2. The van der Waals surface area contributed by atoms with Crippen molar-refractivity contribution in [2.24, 2.45) is 5.92 Å². The van der Waals surface area contributed by atoms with E-state index in [1.54, 1.807) is 4.90 Å². The molecule has 2 atom stereocenters. The molecule has 0 radical (unpaired) electrons. The van der Waals surface area contributed by atoms with Crippen LogP contribution in [0.5, 0.6) is 0 Å². The normalized spacial score (nSPS) is 30.8. The number of rotatable bonds is 1. The van der Waals surface area contributed by atoms with Gasteiger partial charge in [0.05, 0.1) is 11.3 Å². The highest BCUT2D eigenvalue weighted by molar-refractivity contribution is 6.13. The third-order valence-corrected chi connectivity index (χ3v) is 5.51. The van der Waals surface area contributed by atoms with Crippen LogP contribution < -0.4 is 4.90 Å². The maximum atomic E-state index is 12.8. The molecule has 5 nitrogen and oxygen atoms in total. The zero-order chi connectivity index (χ0) is 15.5. The highest BCUT2D eigenvalue weighted by atomic mass is 16.2. The van der Waals surface area contributed by atoms with Crippen LogP contribution in [0.25, 0.3) is 0 Å². The number of carbonyl (C=O) groups excluding carboxylic acids is 2. The molecule has 4 rings (SSSR count). The van der Waals surface area contributed by atoms with E-state index in [-0.39, 0.29) is 17.7 Å². The van der Waals surface area contributed by atoms with Crippen molar-refractivity contribution in [1.29, 1.82) is 0 Å². The second-order valence-corrected chi connectivity index (χ2v) is 6.74. The van der Waals surface area contributed by atoms with Gasteiger partial charge < -0.3 is 14.7 Å². The van der Waals surface area contributed by atoms with Gasteiger partial charge in [0.25, 0.3) is 0 Å². The number of nitrogens with zero attached hydrogens (tertiary/aromatic N) is 3. The molecular formula is C17H21N3O2. The molecule has 22 heavy (non-hydrogen) atoms. The van der Waals surface area contributed by atoms with Gasteiger partial charge >= 0.3 is 0 Å². The molecule has 2 aliphatic heterocycles. The van der Waals surface area contributed by atoms with Crippen LogP contribution in [0.4, 0.5) is 5.69 Å². The topological polar surface area (TPSA) is 43.9 Å². The van der Waals surface area contributed by atoms with E-state index in [0.717, 1.165) is 37.4 Å². The van der Waals surface area contributed by atoms with E-state index in [1.165, 1.54) is 0 Å². The summed E-state index contributed by atoms with van der Waals surface area (Å²) in [7, 11) is 3.89. The molecule has 2 fully saturated rings. The SMILES string of the molecule is CN1CCN(C(=O)[C@@H]2C[C@]23C(=O)N(C)c2ccccc23)CC1. The van der Waals surface area contributed by atoms with Gasteiger partial charge in [0.15, 0.2) is 0 Å². The van der Waals surface area contributed by atoms with Crippen LogP contribution in [-0.2, 0) is 15.0 Å². The first-order valence-electron chi connectivity index (χ1n) is 7.90. The summed E-state index contributed by atoms with van der Waals surface area (Å²) in [6.45, 7) is 3.37. The van der Waals surface area contributed by atoms with E-state index in [0.29, 0.717) is 6.42 Å². The van der Waals surface area contributed by atoms with Crippen LogP contribution >= 0.6 is 0 Å². The van der Waals surface area contributed by atoms with Gasteiger partial charge in [-0.15, -0.1) is 0 Å². The molecule has 0 bridgehead atoms. The summed E-state index contributed by atoms with van der Waals surface area (Å²) in [5, 5.41) is 0. The van der Waals surface area contributed by atoms with E-state index in [1.807, 2.05) is 36.2 Å². The van der Waals surface area contributed by atoms with Crippen LogP contribution in [-0.4, -0.2) is 61.9 Å². The van der Waals surface area contributed by atoms with Gasteiger partial charge in [-0.25, -0.2) is 0 Å². The van der Waals surface area contributed by atoms with Gasteiger partial charge in [0.2, 0.25) is 11.8 Å². The Kier molecular flexibility index (Phi) is 2.85. The molecule has 1 aliphatic carbocycles. The van der Waals surface area contributed by atoms with Crippen LogP contribution in [0.15, 0.2) is 24.3 Å². The fourth-order valence-electron chi connectivity index (χ4n) is 4.01. The third-order valence-electron chi connectivity index (χ3n) is 5.51. The fourth-order valence-corrected chi connectivity index (χ4v) is 4.01. The summed E-state index contributed by atoms with van der Waals surface area (Å²) >= 11 is 0. The summed E-state index contributed by atoms with van der Waals surface area (Å²) in [6, 6.07) is 7.88. The Morgan fingerprint density at radius 3 is 2.55 bits per heavy atom. The lowest BCUT2D eigenvalue weighted by atomic mass is 9.94. The van der Waals surface area contributed by atoms with Crippen molar-refractivity contribution in [3.05, 3.63) is 29.8 Å². The summed E-state index contributed by atoms with van der Waals surface area (Å²) in [5.74, 6) is 0.0715. The van der Waals surface area contributed by atoms with Crippen LogP contribution in [0.1, 0.15) is 12.0 Å². The predicted octanol–water partition coefficient (Wildman–Crippen LogP) is 0.695. The van der Waals surface area contributed by atoms with E-state index in [2.05, 4.69) is 11.9 Å². The quantitative estimate of drug-likeness (QED) is 0.766. The molecule has 0 aromatic heterocycles. The maximum absolute atomic E-state index is 12.8. The number of benzene rings is 1. The number of hydrogen-bond acceptors (Lipinski definition) is 3. The Morgan fingerprint density at radius 1 is 1.14 bits per heavy atom. The van der Waals surface area contributed by atoms with E-state index >= 15 is 0 Å². The summed E-state index contributed by atoms with van der Waals surface area (Å²) in [6.07, 6.45) is 0.665. The predicted molar refractivity (Wildman–Crippen MR) is 83.7 cm³/mol. The van der Waals surface area contributed by atoms with Crippen LogP contribution in [0.3, 0.4) is 0 Å². The van der Waals surface area contributed by atoms with Gasteiger partial charge in [0, 0.05) is 38.9 Å². The smallest absolute Gasteiger partial charge is 0.238 e. The number of para-hydroxylation sites is 1. The molecule has 0 N–H and O–H groups in total. The molecule has 1 saturated carbocycles. The highest BCUT2D eigenvalue weighted by Crippen LogP contribution is 2.61. The van der Waals surface area contributed by atoms with Crippen molar-refractivity contribution >= 4 is 17.5 Å². The molecule has 1 saturated heterocycles. The van der Waals surface area contributed by atoms with Crippen molar-refractivity contribution < 1.29 is 9.59 Å². The second-order valence-electron chi connectivity index (χ2n) is 6.74. The molecule has 5 heteroatoms. The summed E-state index contributed by atoms with van der Waals surface area (Å²) < 4.78 is 0. The Hall–Kier alpha value is -1.88. The minimum atomic E-state index is -0.578. The number of carbonyl (C=O) groups is 2. The first-order valence-corrected chi connectivity index (χ1v) is 7.90. The van der Waals surface area contributed by atoms with Crippen molar-refractivity contribution in [2.75, 3.05) is 45.2 Å². The number of amides is 2. The minimum Gasteiger partial charge on any atom is -0.340 e. The zero-order valence-corrected chi connectivity index (χ0v) is 13.1. The molecule has 116 valence electrons. The standard InChI is InChI=1S/C17H21N3O2/c1-18-7-9-20(10-8-18)15(21)13-11-17(13)12-5-3-4-6-14(12)19(2)16(17)22/h3-6,13H,7-11H2,1-2H3/t13-,17+/m0/s1. The van der Waals surface area contributed by atoms with Crippen LogP contribution in [0, 0.1) is 5.92 Å². The Morgan fingerprint density at radius 2 is 1.82 bits per heavy atom. The zero-order valence-electron chi connectivity index (χ0n) is 13.1. The molecule has 1 aromatic carbocycles. The average molecular weight is 299 g/mol. The Balaban J connectivity index is 1.60. The number of hydrogen-bond donors (Lipinski definition) is 0. The Labute approximate surface area is 130 Å². The fraction of sp³-hybridized carbons (Fsp3) is 0.529. The molecule has 1 spiro atoms. The molecule has 2 amide bonds. The lowest BCUT2D eigenvalue weighted by molar-refractivity contribution is -0.136. The van der Waals surface area contributed by atoms with E-state index < -0.39 is 5.41 Å². The largest absolute Gasteiger partial charge is 0.340 e. The first-order chi connectivity index (χ1) is 10.6. The Bertz CT molecular complexity index is 651. The van der Waals surface area contributed by atoms with E-state index in [9.17, 15) is 9.59 Å². The van der Waals surface area contributed by atoms with Crippen molar-refractivity contribution in [2.45, 2.75) is 11.8 Å². The van der Waals surface area contributed by atoms with E-state index in [4.69, 9.17) is 0 Å². The molecule has 3 aliphatic rings. The van der Waals surface area contributed by atoms with Crippen molar-refractivity contribution in [3.63, 3.8) is 0 Å². The summed E-state index contributed by atoms with van der Waals surface area (Å²) in [5.41, 5.74) is 1.42. The molecular weight excluding hydrogens is 278 g/mol. The van der Waals surface area contributed by atoms with Crippen LogP contribution in [0.2, 0.25) is 0 Å². The monoisotopic (exact) mass is 299 g/mol. The molecule has 0 unspecified atom stereocenters. The lowest BCUT2D eigenvalue weighted by Crippen LogP contribution is -2.48. The second kappa shape index (κ2) is 4.56. The minimum absolute atomic E-state index is 0.0844. The van der Waals surface area contributed by atoms with Gasteiger partial charge in [-0.05, 0) is 25.1 Å². The molecule has 2 heterocycles. The number of fused-ring (bicyclic) bond motifs is 2. The van der Waals surface area contributed by atoms with Crippen molar-refractivity contribution in [3.8, 4) is 0 Å². The highest BCUT2D eigenvalue weighted by Gasteiger charge is 2.69. The van der Waals surface area contributed by atoms with Crippen molar-refractivity contribution in [1.82, 2.24) is 9.80 Å². The maximum Gasteiger partial charge on any atom is 0.238 e. The summed E-state index contributed by atoms with van der Waals surface area (Å²) in [4.78, 5) is 31.5. The number of anilines is 1. The van der Waals surface area contributed by atoms with Gasteiger partial charge in [-0.2, -0.15) is 0 Å². The third kappa shape index (κ3) is 1.69. The van der Waals surface area contributed by atoms with Gasteiger partial charge in [-0.1, -0.05) is 18.2 Å². The van der Waals surface area contributed by atoms with Gasteiger partial charge in [-0.3, -0.25) is 9.59 Å². The lowest BCUT2D eigenvalue weighted by Gasteiger charge is -2.33.